The van der Waals surface area contributed by atoms with Gasteiger partial charge in [0.25, 0.3) is 0 Å². The number of ether oxygens (including phenoxy) is 1. The third-order valence-electron chi connectivity index (χ3n) is 3.30. The maximum absolute atomic E-state index is 5.65. The fraction of sp³-hybridized carbons (Fsp3) is 0.412. The number of hydrogen-bond donors (Lipinski definition) is 1. The first kappa shape index (κ1) is 15.1. The van der Waals surface area contributed by atoms with Gasteiger partial charge >= 0.3 is 0 Å². The summed E-state index contributed by atoms with van der Waals surface area (Å²) in [5, 5.41) is 8.02. The molecule has 2 rings (SSSR count). The van der Waals surface area contributed by atoms with Gasteiger partial charge in [-0.3, -0.25) is 0 Å². The largest absolute Gasteiger partial charge is 0.494 e. The molecule has 108 valence electrons. The first-order valence-electron chi connectivity index (χ1n) is 7.25. The smallest absolute Gasteiger partial charge is 0.119 e. The average molecular weight is 289 g/mol. The molecule has 0 amide bonds. The summed E-state index contributed by atoms with van der Waals surface area (Å²) in [6.45, 7) is 8.17. The molecular weight excluding hydrogens is 266 g/mol. The van der Waals surface area contributed by atoms with E-state index < -0.39 is 0 Å². The van der Waals surface area contributed by atoms with Crippen LogP contribution in [0.3, 0.4) is 0 Å². The molecule has 1 heterocycles. The maximum Gasteiger partial charge on any atom is 0.119 e. The van der Waals surface area contributed by atoms with Gasteiger partial charge in [0.1, 0.15) is 5.75 Å². The molecule has 1 aromatic carbocycles. The van der Waals surface area contributed by atoms with Gasteiger partial charge < -0.3 is 10.1 Å². The average Bonchev–Trinajstić information content (AvgIpc) is 2.89. The van der Waals surface area contributed by atoms with Crippen LogP contribution in [0.5, 0.6) is 5.75 Å². The van der Waals surface area contributed by atoms with Crippen molar-refractivity contribution in [2.75, 3.05) is 13.2 Å². The highest BCUT2D eigenvalue weighted by atomic mass is 32.1. The molecule has 0 aliphatic rings. The van der Waals surface area contributed by atoms with Crippen LogP contribution in [0.4, 0.5) is 0 Å². The molecule has 0 bridgehead atoms. The summed E-state index contributed by atoms with van der Waals surface area (Å²) in [5.41, 5.74) is 4.02. The second-order valence-electron chi connectivity index (χ2n) is 4.92. The van der Waals surface area contributed by atoms with Crippen LogP contribution >= 0.6 is 11.3 Å². The highest BCUT2D eigenvalue weighted by Crippen LogP contribution is 2.28. The van der Waals surface area contributed by atoms with Crippen LogP contribution in [-0.2, 0) is 0 Å². The summed E-state index contributed by atoms with van der Waals surface area (Å²) < 4.78 is 5.65. The molecule has 1 atom stereocenters. The van der Waals surface area contributed by atoms with Crippen molar-refractivity contribution >= 4 is 11.3 Å². The van der Waals surface area contributed by atoms with Gasteiger partial charge in [0.2, 0.25) is 0 Å². The normalized spacial score (nSPS) is 12.3. The molecule has 1 N–H and O–H groups in total. The Morgan fingerprint density at radius 3 is 2.45 bits per heavy atom. The van der Waals surface area contributed by atoms with E-state index in [1.807, 2.05) is 0 Å². The van der Waals surface area contributed by atoms with Crippen molar-refractivity contribution in [1.82, 2.24) is 5.32 Å². The highest BCUT2D eigenvalue weighted by Gasteiger charge is 2.15. The van der Waals surface area contributed by atoms with Crippen LogP contribution in [-0.4, -0.2) is 13.2 Å². The van der Waals surface area contributed by atoms with Crippen LogP contribution in [0.15, 0.2) is 35.0 Å². The lowest BCUT2D eigenvalue weighted by Gasteiger charge is -2.19. The van der Waals surface area contributed by atoms with Gasteiger partial charge in [-0.15, -0.1) is 0 Å². The fourth-order valence-corrected chi connectivity index (χ4v) is 3.13. The second-order valence-corrected chi connectivity index (χ2v) is 5.66. The summed E-state index contributed by atoms with van der Waals surface area (Å²) in [5.74, 6) is 0.952. The molecule has 0 fully saturated rings. The lowest BCUT2D eigenvalue weighted by Crippen LogP contribution is -2.22. The highest BCUT2D eigenvalue weighted by molar-refractivity contribution is 7.08. The predicted octanol–water partition coefficient (Wildman–Crippen LogP) is 4.54. The van der Waals surface area contributed by atoms with E-state index in [2.05, 4.69) is 61.1 Å². The lowest BCUT2D eigenvalue weighted by molar-refractivity contribution is 0.317. The van der Waals surface area contributed by atoms with Gasteiger partial charge in [-0.25, -0.2) is 0 Å². The zero-order chi connectivity index (χ0) is 14.4. The summed E-state index contributed by atoms with van der Waals surface area (Å²) in [4.78, 5) is 0. The molecule has 2 aromatic rings. The first-order chi connectivity index (χ1) is 9.76. The SMILES string of the molecule is CCCOc1ccc(C(NCC)c2cscc2C)cc1. The monoisotopic (exact) mass is 289 g/mol. The van der Waals surface area contributed by atoms with Gasteiger partial charge in [-0.2, -0.15) is 11.3 Å². The Kier molecular flexibility index (Phi) is 5.62. The summed E-state index contributed by atoms with van der Waals surface area (Å²) in [7, 11) is 0. The Morgan fingerprint density at radius 1 is 1.15 bits per heavy atom. The molecule has 0 aliphatic carbocycles. The van der Waals surface area contributed by atoms with E-state index in [-0.39, 0.29) is 6.04 Å². The van der Waals surface area contributed by atoms with Crippen LogP contribution < -0.4 is 10.1 Å². The molecule has 3 heteroatoms. The number of aryl methyl sites for hydroxylation is 1. The van der Waals surface area contributed by atoms with Crippen molar-refractivity contribution in [1.29, 1.82) is 0 Å². The van der Waals surface area contributed by atoms with Gasteiger partial charge in [-0.05, 0) is 59.5 Å². The molecule has 0 saturated carbocycles. The molecular formula is C17H23NOS. The number of thiophene rings is 1. The zero-order valence-electron chi connectivity index (χ0n) is 12.5. The minimum absolute atomic E-state index is 0.270. The molecule has 20 heavy (non-hydrogen) atoms. The molecule has 0 aliphatic heterocycles. The lowest BCUT2D eigenvalue weighted by atomic mass is 9.98. The van der Waals surface area contributed by atoms with Crippen molar-refractivity contribution in [2.45, 2.75) is 33.2 Å². The fourth-order valence-electron chi connectivity index (χ4n) is 2.25. The Morgan fingerprint density at radius 2 is 1.90 bits per heavy atom. The van der Waals surface area contributed by atoms with Gasteiger partial charge in [0, 0.05) is 0 Å². The number of hydrogen-bond acceptors (Lipinski definition) is 3. The minimum atomic E-state index is 0.270. The number of benzene rings is 1. The molecule has 0 saturated heterocycles. The van der Waals surface area contributed by atoms with Gasteiger partial charge in [-0.1, -0.05) is 26.0 Å². The topological polar surface area (TPSA) is 21.3 Å². The zero-order valence-corrected chi connectivity index (χ0v) is 13.3. The minimum Gasteiger partial charge on any atom is -0.494 e. The third-order valence-corrected chi connectivity index (χ3v) is 4.18. The van der Waals surface area contributed by atoms with Crippen LogP contribution in [0.25, 0.3) is 0 Å². The van der Waals surface area contributed by atoms with Gasteiger partial charge in [0.15, 0.2) is 0 Å². The Hall–Kier alpha value is -1.32. The summed E-state index contributed by atoms with van der Waals surface area (Å²) >= 11 is 1.76. The van der Waals surface area contributed by atoms with Crippen LogP contribution in [0.2, 0.25) is 0 Å². The van der Waals surface area contributed by atoms with E-state index in [4.69, 9.17) is 4.74 Å². The Bertz CT molecular complexity index is 518. The predicted molar refractivity (Wildman–Crippen MR) is 86.8 cm³/mol. The summed E-state index contributed by atoms with van der Waals surface area (Å²) in [6, 6.07) is 8.73. The summed E-state index contributed by atoms with van der Waals surface area (Å²) in [6.07, 6.45) is 1.04. The van der Waals surface area contributed by atoms with Crippen molar-refractivity contribution in [2.24, 2.45) is 0 Å². The van der Waals surface area contributed by atoms with E-state index >= 15 is 0 Å². The number of rotatable bonds is 7. The van der Waals surface area contributed by atoms with E-state index in [1.54, 1.807) is 11.3 Å². The van der Waals surface area contributed by atoms with Crippen molar-refractivity contribution in [3.8, 4) is 5.75 Å². The van der Waals surface area contributed by atoms with Crippen molar-refractivity contribution in [3.63, 3.8) is 0 Å². The number of nitrogens with one attached hydrogen (secondary N) is 1. The Labute approximate surface area is 125 Å². The van der Waals surface area contributed by atoms with Crippen LogP contribution in [0, 0.1) is 6.92 Å². The van der Waals surface area contributed by atoms with E-state index in [0.717, 1.165) is 25.3 Å². The molecule has 0 radical (unpaired) electrons. The molecule has 1 unspecified atom stereocenters. The van der Waals surface area contributed by atoms with Crippen molar-refractivity contribution < 1.29 is 4.74 Å². The van der Waals surface area contributed by atoms with E-state index in [0.29, 0.717) is 0 Å². The second kappa shape index (κ2) is 7.46. The van der Waals surface area contributed by atoms with E-state index in [9.17, 15) is 0 Å². The molecule has 1 aromatic heterocycles. The standard InChI is InChI=1S/C17H23NOS/c1-4-10-19-15-8-6-14(7-9-15)17(18-5-2)16-12-20-11-13(16)3/h6-9,11-12,17-18H,4-5,10H2,1-3H3. The quantitative estimate of drug-likeness (QED) is 0.807. The van der Waals surface area contributed by atoms with Gasteiger partial charge in [0.05, 0.1) is 12.6 Å². The maximum atomic E-state index is 5.65. The Balaban J connectivity index is 2.19. The molecule has 2 nitrogen and oxygen atoms in total. The first-order valence-corrected chi connectivity index (χ1v) is 8.19. The van der Waals surface area contributed by atoms with E-state index in [1.165, 1.54) is 16.7 Å². The van der Waals surface area contributed by atoms with Crippen LogP contribution in [0.1, 0.15) is 43.0 Å². The van der Waals surface area contributed by atoms with Crippen molar-refractivity contribution in [3.05, 3.63) is 51.7 Å². The molecule has 0 spiro atoms. The third kappa shape index (κ3) is 3.62.